The van der Waals surface area contributed by atoms with Crippen LogP contribution in [0.4, 0.5) is 0 Å². The Morgan fingerprint density at radius 2 is 2.35 bits per heavy atom. The molecule has 1 fully saturated rings. The highest BCUT2D eigenvalue weighted by Crippen LogP contribution is 2.38. The monoisotopic (exact) mass is 314 g/mol. The zero-order chi connectivity index (χ0) is 15.8. The molecule has 2 aromatic heterocycles. The Labute approximate surface area is 132 Å². The molecule has 1 saturated heterocycles. The molecule has 2 aromatic rings. The van der Waals surface area contributed by atoms with Gasteiger partial charge in [0.1, 0.15) is 12.3 Å². The average molecular weight is 314 g/mol. The van der Waals surface area contributed by atoms with Crippen molar-refractivity contribution in [1.29, 1.82) is 0 Å². The molecule has 7 nitrogen and oxygen atoms in total. The van der Waals surface area contributed by atoms with Crippen molar-refractivity contribution < 1.29 is 9.32 Å². The van der Waals surface area contributed by atoms with E-state index in [2.05, 4.69) is 15.8 Å². The van der Waals surface area contributed by atoms with Crippen molar-refractivity contribution in [1.82, 2.24) is 20.4 Å². The molecule has 0 unspecified atom stereocenters. The van der Waals surface area contributed by atoms with Gasteiger partial charge >= 0.3 is 0 Å². The first-order chi connectivity index (χ1) is 11.2. The lowest BCUT2D eigenvalue weighted by Crippen LogP contribution is -2.52. The summed E-state index contributed by atoms with van der Waals surface area (Å²) in [5.74, 6) is 0.293. The lowest BCUT2D eigenvalue weighted by Gasteiger charge is -2.42. The van der Waals surface area contributed by atoms with Gasteiger partial charge in [0.25, 0.3) is 5.56 Å². The van der Waals surface area contributed by atoms with Gasteiger partial charge in [-0.3, -0.25) is 14.2 Å². The Morgan fingerprint density at radius 1 is 1.43 bits per heavy atom. The van der Waals surface area contributed by atoms with Gasteiger partial charge in [-0.25, -0.2) is 0 Å². The standard InChI is InChI=1S/C16H18N4O3/c21-14-3-1-2-13-11-4-12(8-17-7-11)15(20(13)14)16(22)18-5-10-6-19-23-9-10/h1-3,6,9,11-12,15,17H,4-5,7-8H2,(H,18,22)/t11-,12+,15-/m1/s1. The smallest absolute Gasteiger partial charge is 0.251 e. The van der Waals surface area contributed by atoms with E-state index in [0.29, 0.717) is 12.5 Å². The molecule has 0 saturated carbocycles. The number of rotatable bonds is 3. The van der Waals surface area contributed by atoms with Crippen LogP contribution in [0, 0.1) is 5.92 Å². The highest BCUT2D eigenvalue weighted by molar-refractivity contribution is 5.81. The molecule has 2 N–H and O–H groups in total. The summed E-state index contributed by atoms with van der Waals surface area (Å²) in [5, 5.41) is 9.90. The van der Waals surface area contributed by atoms with Gasteiger partial charge in [0.05, 0.1) is 6.20 Å². The second kappa shape index (κ2) is 5.66. The molecule has 3 atom stereocenters. The highest BCUT2D eigenvalue weighted by atomic mass is 16.5. The molecule has 0 aromatic carbocycles. The van der Waals surface area contributed by atoms with Crippen LogP contribution in [0.1, 0.15) is 29.6 Å². The summed E-state index contributed by atoms with van der Waals surface area (Å²) in [5.41, 5.74) is 1.64. The van der Waals surface area contributed by atoms with E-state index >= 15 is 0 Å². The number of carbonyl (C=O) groups is 1. The minimum absolute atomic E-state index is 0.107. The molecular weight excluding hydrogens is 296 g/mol. The fourth-order valence-electron chi connectivity index (χ4n) is 3.74. The van der Waals surface area contributed by atoms with Crippen molar-refractivity contribution in [2.24, 2.45) is 5.92 Å². The summed E-state index contributed by atoms with van der Waals surface area (Å²) >= 11 is 0. The van der Waals surface area contributed by atoms with E-state index in [0.717, 1.165) is 30.8 Å². The minimum atomic E-state index is -0.470. The molecule has 2 bridgehead atoms. The third-order valence-electron chi connectivity index (χ3n) is 4.77. The number of hydrogen-bond donors (Lipinski definition) is 2. The summed E-state index contributed by atoms with van der Waals surface area (Å²) in [4.78, 5) is 25.1. The average Bonchev–Trinajstić information content (AvgIpc) is 3.08. The Kier molecular flexibility index (Phi) is 3.49. The number of pyridine rings is 1. The second-order valence-electron chi connectivity index (χ2n) is 6.21. The van der Waals surface area contributed by atoms with Crippen LogP contribution in [0.25, 0.3) is 0 Å². The zero-order valence-corrected chi connectivity index (χ0v) is 12.6. The molecular formula is C16H18N4O3. The largest absolute Gasteiger partial charge is 0.364 e. The van der Waals surface area contributed by atoms with Crippen LogP contribution in [-0.4, -0.2) is 28.7 Å². The molecule has 4 rings (SSSR count). The van der Waals surface area contributed by atoms with Crippen LogP contribution in [0.15, 0.2) is 40.0 Å². The minimum Gasteiger partial charge on any atom is -0.364 e. The Hall–Kier alpha value is -2.41. The van der Waals surface area contributed by atoms with Crippen LogP contribution in [0.3, 0.4) is 0 Å². The van der Waals surface area contributed by atoms with E-state index in [9.17, 15) is 9.59 Å². The van der Waals surface area contributed by atoms with Gasteiger partial charge in [0.15, 0.2) is 0 Å². The van der Waals surface area contributed by atoms with Crippen molar-refractivity contribution in [3.63, 3.8) is 0 Å². The number of aromatic nitrogens is 2. The number of fused-ring (bicyclic) bond motifs is 4. The molecule has 4 heterocycles. The van der Waals surface area contributed by atoms with Crippen LogP contribution in [0.5, 0.6) is 0 Å². The van der Waals surface area contributed by atoms with E-state index in [1.165, 1.54) is 12.3 Å². The summed E-state index contributed by atoms with van der Waals surface area (Å²) in [6.45, 7) is 1.96. The summed E-state index contributed by atoms with van der Waals surface area (Å²) in [6, 6.07) is 4.78. The van der Waals surface area contributed by atoms with Crippen LogP contribution >= 0.6 is 0 Å². The Morgan fingerprint density at radius 3 is 3.17 bits per heavy atom. The normalized spacial score (nSPS) is 25.7. The molecule has 2 aliphatic rings. The Balaban J connectivity index is 1.65. The number of carbonyl (C=O) groups excluding carboxylic acids is 1. The number of piperidine rings is 1. The third-order valence-corrected chi connectivity index (χ3v) is 4.77. The first-order valence-corrected chi connectivity index (χ1v) is 7.82. The van der Waals surface area contributed by atoms with Crippen LogP contribution < -0.4 is 16.2 Å². The van der Waals surface area contributed by atoms with Gasteiger partial charge in [-0.15, -0.1) is 0 Å². The van der Waals surface area contributed by atoms with Gasteiger partial charge in [-0.05, 0) is 12.5 Å². The Bertz CT molecular complexity index is 768. The van der Waals surface area contributed by atoms with E-state index in [1.54, 1.807) is 16.8 Å². The number of nitrogens with one attached hydrogen (secondary N) is 2. The third kappa shape index (κ3) is 2.46. The number of amides is 1. The predicted molar refractivity (Wildman–Crippen MR) is 81.8 cm³/mol. The maximum Gasteiger partial charge on any atom is 0.251 e. The molecule has 7 heteroatoms. The summed E-state index contributed by atoms with van der Waals surface area (Å²) in [6.07, 6.45) is 4.00. The number of nitrogens with zero attached hydrogens (tertiary/aromatic N) is 2. The van der Waals surface area contributed by atoms with Gasteiger partial charge in [-0.2, -0.15) is 0 Å². The SMILES string of the molecule is O=C(NCc1cnoc1)[C@H]1[C@@H]2CNC[C@@H](C2)c2cccc(=O)n21. The first kappa shape index (κ1) is 14.2. The zero-order valence-electron chi connectivity index (χ0n) is 12.6. The summed E-state index contributed by atoms with van der Waals surface area (Å²) < 4.78 is 6.45. The van der Waals surface area contributed by atoms with Crippen molar-refractivity contribution in [3.05, 3.63) is 52.3 Å². The van der Waals surface area contributed by atoms with E-state index < -0.39 is 6.04 Å². The van der Waals surface area contributed by atoms with Gasteiger partial charge in [0.2, 0.25) is 5.91 Å². The number of hydrogen-bond acceptors (Lipinski definition) is 5. The second-order valence-corrected chi connectivity index (χ2v) is 6.21. The van der Waals surface area contributed by atoms with Crippen molar-refractivity contribution in [3.8, 4) is 0 Å². The van der Waals surface area contributed by atoms with Crippen LogP contribution in [-0.2, 0) is 11.3 Å². The molecule has 23 heavy (non-hydrogen) atoms. The van der Waals surface area contributed by atoms with Crippen molar-refractivity contribution in [2.75, 3.05) is 13.1 Å². The molecule has 120 valence electrons. The van der Waals surface area contributed by atoms with Gasteiger partial charge < -0.3 is 15.2 Å². The van der Waals surface area contributed by atoms with Crippen molar-refractivity contribution >= 4 is 5.91 Å². The first-order valence-electron chi connectivity index (χ1n) is 7.82. The topological polar surface area (TPSA) is 89.2 Å². The summed E-state index contributed by atoms with van der Waals surface area (Å²) in [7, 11) is 0. The maximum atomic E-state index is 12.8. The highest BCUT2D eigenvalue weighted by Gasteiger charge is 2.41. The maximum absolute atomic E-state index is 12.8. The van der Waals surface area contributed by atoms with E-state index in [1.807, 2.05) is 6.07 Å². The molecule has 2 aliphatic heterocycles. The van der Waals surface area contributed by atoms with Crippen LogP contribution in [0.2, 0.25) is 0 Å². The molecule has 0 spiro atoms. The van der Waals surface area contributed by atoms with Crippen molar-refractivity contribution in [2.45, 2.75) is 24.9 Å². The predicted octanol–water partition coefficient (Wildman–Crippen LogP) is 0.400. The lowest BCUT2D eigenvalue weighted by atomic mass is 9.79. The van der Waals surface area contributed by atoms with E-state index in [4.69, 9.17) is 4.52 Å². The van der Waals surface area contributed by atoms with Gasteiger partial charge in [-0.1, -0.05) is 11.2 Å². The van der Waals surface area contributed by atoms with E-state index in [-0.39, 0.29) is 17.4 Å². The fourth-order valence-corrected chi connectivity index (χ4v) is 3.74. The quantitative estimate of drug-likeness (QED) is 0.856. The molecule has 0 aliphatic carbocycles. The fraction of sp³-hybridized carbons (Fsp3) is 0.438. The molecule has 1 amide bonds. The lowest BCUT2D eigenvalue weighted by molar-refractivity contribution is -0.127. The van der Waals surface area contributed by atoms with Gasteiger partial charge in [0, 0.05) is 48.8 Å². The molecule has 0 radical (unpaired) electrons.